The molecule has 4 N–H and O–H groups in total. The van der Waals surface area contributed by atoms with Gasteiger partial charge in [-0.25, -0.2) is 16.8 Å². The maximum Gasteiger partial charge on any atom is 0.229 e. The Bertz CT molecular complexity index is 1250. The topological polar surface area (TPSA) is 134 Å². The van der Waals surface area contributed by atoms with Crippen LogP contribution in [0.4, 0.5) is 11.4 Å². The van der Waals surface area contributed by atoms with E-state index in [1.165, 1.54) is 0 Å². The van der Waals surface area contributed by atoms with Gasteiger partial charge in [0.2, 0.25) is 20.0 Å². The molecule has 0 saturated heterocycles. The van der Waals surface area contributed by atoms with E-state index in [0.29, 0.717) is 36.6 Å². The van der Waals surface area contributed by atoms with Crippen molar-refractivity contribution in [2.45, 2.75) is 18.4 Å². The number of hydrogen-bond donors (Lipinski definition) is 4. The maximum atomic E-state index is 11.5. The van der Waals surface area contributed by atoms with Crippen molar-refractivity contribution in [1.29, 1.82) is 0 Å². The lowest BCUT2D eigenvalue weighted by Crippen LogP contribution is -2.32. The quantitative estimate of drug-likeness (QED) is 0.228. The van der Waals surface area contributed by atoms with E-state index in [2.05, 4.69) is 14.8 Å². The summed E-state index contributed by atoms with van der Waals surface area (Å²) in [7, 11) is -6.76. The van der Waals surface area contributed by atoms with Gasteiger partial charge in [-0.15, -0.1) is 0 Å². The first-order chi connectivity index (χ1) is 17.5. The van der Waals surface area contributed by atoms with Crippen molar-refractivity contribution in [2.75, 3.05) is 41.7 Å². The Labute approximate surface area is 219 Å². The minimum absolute atomic E-state index is 0.0511. The van der Waals surface area contributed by atoms with Crippen molar-refractivity contribution in [1.82, 2.24) is 5.32 Å². The van der Waals surface area contributed by atoms with Gasteiger partial charge >= 0.3 is 0 Å². The Balaban J connectivity index is 1.65. The summed E-state index contributed by atoms with van der Waals surface area (Å²) in [5, 5.41) is 13.5. The summed E-state index contributed by atoms with van der Waals surface area (Å²) in [5.41, 5.74) is 2.88. The number of para-hydroxylation sites is 1. The highest BCUT2D eigenvalue weighted by Gasteiger charge is 2.16. The van der Waals surface area contributed by atoms with Crippen LogP contribution in [0.3, 0.4) is 0 Å². The standard InChI is InChI=1S/C26H33N3O6S2/c1-36(31,32)28-22-12-8-20(9-13-22)26(21-10-14-23(15-11-21)29-37(2,33)34)16-17-27-18-24(30)19-35-25-6-4-3-5-7-25/h3-15,24,26-30H,16-19H2,1-2H3/t24-/m0/s1. The van der Waals surface area contributed by atoms with E-state index < -0.39 is 26.2 Å². The number of hydrogen-bond acceptors (Lipinski definition) is 7. The highest BCUT2D eigenvalue weighted by molar-refractivity contribution is 7.92. The lowest BCUT2D eigenvalue weighted by Gasteiger charge is -2.20. The van der Waals surface area contributed by atoms with Gasteiger partial charge in [0.05, 0.1) is 12.5 Å². The molecule has 0 fully saturated rings. The Morgan fingerprint density at radius 2 is 1.24 bits per heavy atom. The van der Waals surface area contributed by atoms with E-state index in [-0.39, 0.29) is 12.5 Å². The van der Waals surface area contributed by atoms with Crippen molar-refractivity contribution in [3.05, 3.63) is 90.0 Å². The second kappa shape index (κ2) is 12.9. The average molecular weight is 548 g/mol. The third kappa shape index (κ3) is 10.4. The van der Waals surface area contributed by atoms with Crippen LogP contribution in [0.2, 0.25) is 0 Å². The van der Waals surface area contributed by atoms with Crippen molar-refractivity contribution < 1.29 is 26.7 Å². The molecule has 0 saturated carbocycles. The number of benzene rings is 3. The van der Waals surface area contributed by atoms with Gasteiger partial charge in [-0.05, 0) is 60.5 Å². The average Bonchev–Trinajstić information content (AvgIpc) is 2.83. The van der Waals surface area contributed by atoms with Gasteiger partial charge in [-0.2, -0.15) is 0 Å². The number of ether oxygens (including phenoxy) is 1. The molecule has 200 valence electrons. The van der Waals surface area contributed by atoms with Crippen molar-refractivity contribution in [3.8, 4) is 5.75 Å². The Kier molecular flexibility index (Phi) is 9.93. The predicted molar refractivity (Wildman–Crippen MR) is 147 cm³/mol. The van der Waals surface area contributed by atoms with E-state index in [0.717, 1.165) is 23.6 Å². The van der Waals surface area contributed by atoms with Crippen LogP contribution in [0.25, 0.3) is 0 Å². The predicted octanol–water partition coefficient (Wildman–Crippen LogP) is 2.98. The molecule has 0 aliphatic rings. The van der Waals surface area contributed by atoms with Crippen LogP contribution < -0.4 is 19.5 Å². The van der Waals surface area contributed by atoms with Crippen LogP contribution in [0, 0.1) is 0 Å². The van der Waals surface area contributed by atoms with Crippen molar-refractivity contribution in [2.24, 2.45) is 0 Å². The molecule has 3 aromatic carbocycles. The molecule has 0 heterocycles. The largest absolute Gasteiger partial charge is 0.491 e. The smallest absolute Gasteiger partial charge is 0.229 e. The number of anilines is 2. The first kappa shape index (κ1) is 28.5. The molecule has 1 atom stereocenters. The molecular weight excluding hydrogens is 514 g/mol. The molecular formula is C26H33N3O6S2. The fourth-order valence-corrected chi connectivity index (χ4v) is 4.93. The number of aliphatic hydroxyl groups excluding tert-OH is 1. The van der Waals surface area contributed by atoms with E-state index in [4.69, 9.17) is 4.74 Å². The molecule has 9 nitrogen and oxygen atoms in total. The van der Waals surface area contributed by atoms with E-state index >= 15 is 0 Å². The summed E-state index contributed by atoms with van der Waals surface area (Å²) >= 11 is 0. The summed E-state index contributed by atoms with van der Waals surface area (Å²) in [6, 6.07) is 23.6. The van der Waals surface area contributed by atoms with Gasteiger partial charge < -0.3 is 15.2 Å². The van der Waals surface area contributed by atoms with Crippen LogP contribution in [-0.2, 0) is 20.0 Å². The second-order valence-electron chi connectivity index (χ2n) is 8.82. The van der Waals surface area contributed by atoms with Crippen LogP contribution >= 0.6 is 0 Å². The molecule has 37 heavy (non-hydrogen) atoms. The Morgan fingerprint density at radius 1 is 0.757 bits per heavy atom. The fraction of sp³-hybridized carbons (Fsp3) is 0.308. The molecule has 0 bridgehead atoms. The molecule has 0 aromatic heterocycles. The van der Waals surface area contributed by atoms with Crippen LogP contribution in [-0.4, -0.2) is 60.3 Å². The van der Waals surface area contributed by atoms with Gasteiger partial charge in [0.25, 0.3) is 0 Å². The highest BCUT2D eigenvalue weighted by Crippen LogP contribution is 2.30. The second-order valence-corrected chi connectivity index (χ2v) is 12.3. The Hall–Kier alpha value is -3.12. The molecule has 0 unspecified atom stereocenters. The van der Waals surface area contributed by atoms with E-state index in [1.54, 1.807) is 24.3 Å². The molecule has 3 aromatic rings. The minimum Gasteiger partial charge on any atom is -0.491 e. The fourth-order valence-electron chi connectivity index (χ4n) is 3.80. The number of rotatable bonds is 14. The summed E-state index contributed by atoms with van der Waals surface area (Å²) in [4.78, 5) is 0. The van der Waals surface area contributed by atoms with Crippen molar-refractivity contribution >= 4 is 31.4 Å². The van der Waals surface area contributed by atoms with Crippen LogP contribution in [0.5, 0.6) is 5.75 Å². The zero-order chi connectivity index (χ0) is 26.9. The molecule has 0 radical (unpaired) electrons. The number of sulfonamides is 2. The zero-order valence-corrected chi connectivity index (χ0v) is 22.4. The summed E-state index contributed by atoms with van der Waals surface area (Å²) in [5.74, 6) is 0.647. The van der Waals surface area contributed by atoms with E-state index in [1.807, 2.05) is 54.6 Å². The highest BCUT2D eigenvalue weighted by atomic mass is 32.2. The van der Waals surface area contributed by atoms with Gasteiger partial charge in [-0.1, -0.05) is 42.5 Å². The zero-order valence-electron chi connectivity index (χ0n) is 20.8. The lowest BCUT2D eigenvalue weighted by atomic mass is 9.88. The molecule has 11 heteroatoms. The first-order valence-corrected chi connectivity index (χ1v) is 15.5. The Morgan fingerprint density at radius 3 is 1.70 bits per heavy atom. The SMILES string of the molecule is CS(=O)(=O)Nc1ccc(C(CCNC[C@H](O)COc2ccccc2)c2ccc(NS(C)(=O)=O)cc2)cc1. The summed E-state index contributed by atoms with van der Waals surface area (Å²) in [6.07, 6.45) is 2.20. The molecule has 0 spiro atoms. The third-order valence-corrected chi connectivity index (χ3v) is 6.62. The number of aliphatic hydroxyl groups is 1. The first-order valence-electron chi connectivity index (χ1n) is 11.7. The van der Waals surface area contributed by atoms with Crippen molar-refractivity contribution in [3.63, 3.8) is 0 Å². The third-order valence-electron chi connectivity index (χ3n) is 5.41. The van der Waals surface area contributed by atoms with Gasteiger partial charge in [0.1, 0.15) is 18.5 Å². The minimum atomic E-state index is -3.38. The summed E-state index contributed by atoms with van der Waals surface area (Å²) in [6.45, 7) is 1.12. The molecule has 3 rings (SSSR count). The van der Waals surface area contributed by atoms with Gasteiger partial charge in [-0.3, -0.25) is 9.44 Å². The normalized spacial score (nSPS) is 12.8. The summed E-state index contributed by atoms with van der Waals surface area (Å²) < 4.78 is 56.6. The van der Waals surface area contributed by atoms with Crippen LogP contribution in [0.1, 0.15) is 23.5 Å². The molecule has 0 amide bonds. The monoisotopic (exact) mass is 547 g/mol. The number of nitrogens with one attached hydrogen (secondary N) is 3. The maximum absolute atomic E-state index is 11.5. The van der Waals surface area contributed by atoms with E-state index in [9.17, 15) is 21.9 Å². The van der Waals surface area contributed by atoms with Crippen LogP contribution in [0.15, 0.2) is 78.9 Å². The van der Waals surface area contributed by atoms with Gasteiger partial charge in [0.15, 0.2) is 0 Å². The molecule has 0 aliphatic heterocycles. The molecule has 0 aliphatic carbocycles. The lowest BCUT2D eigenvalue weighted by molar-refractivity contribution is 0.106. The van der Waals surface area contributed by atoms with Gasteiger partial charge in [0, 0.05) is 23.8 Å².